The van der Waals surface area contributed by atoms with E-state index in [2.05, 4.69) is 0 Å². The second-order valence-electron chi connectivity index (χ2n) is 3.69. The van der Waals surface area contributed by atoms with Crippen LogP contribution in [0, 0.1) is 0 Å². The number of nitrogens with two attached hydrogens (primary N) is 1. The standard InChI is InChI=1S/C10H19NO5/c11-8(10(12)13)7-14-5-6-16-9-3-1-2-4-15-9/h8-9H,1-7,11H2,(H,12,13)/t8-,9?/m0/s1. The van der Waals surface area contributed by atoms with Crippen molar-refractivity contribution in [2.75, 3.05) is 26.4 Å². The predicted octanol–water partition coefficient (Wildman–Crippen LogP) is -0.0419. The van der Waals surface area contributed by atoms with Gasteiger partial charge in [-0.25, -0.2) is 0 Å². The summed E-state index contributed by atoms with van der Waals surface area (Å²) >= 11 is 0. The quantitative estimate of drug-likeness (QED) is 0.599. The Labute approximate surface area is 94.7 Å². The van der Waals surface area contributed by atoms with Crippen molar-refractivity contribution in [2.45, 2.75) is 31.6 Å². The van der Waals surface area contributed by atoms with Crippen LogP contribution in [-0.4, -0.2) is 49.8 Å². The number of ether oxygens (including phenoxy) is 3. The summed E-state index contributed by atoms with van der Waals surface area (Å²) in [5, 5.41) is 8.49. The number of hydrogen-bond donors (Lipinski definition) is 2. The molecule has 0 amide bonds. The van der Waals surface area contributed by atoms with Crippen LogP contribution >= 0.6 is 0 Å². The van der Waals surface area contributed by atoms with Gasteiger partial charge in [-0.05, 0) is 19.3 Å². The van der Waals surface area contributed by atoms with E-state index in [0.29, 0.717) is 13.2 Å². The van der Waals surface area contributed by atoms with Crippen molar-refractivity contribution in [3.05, 3.63) is 0 Å². The average Bonchev–Trinajstić information content (AvgIpc) is 2.29. The summed E-state index contributed by atoms with van der Waals surface area (Å²) in [5.41, 5.74) is 5.25. The zero-order valence-electron chi connectivity index (χ0n) is 9.26. The summed E-state index contributed by atoms with van der Waals surface area (Å²) in [6, 6.07) is -0.967. The Kier molecular flexibility index (Phi) is 6.32. The first kappa shape index (κ1) is 13.4. The highest BCUT2D eigenvalue weighted by Gasteiger charge is 2.14. The molecule has 1 rings (SSSR count). The van der Waals surface area contributed by atoms with Gasteiger partial charge in [0, 0.05) is 6.61 Å². The number of carboxylic acid groups (broad SMARTS) is 1. The van der Waals surface area contributed by atoms with Crippen LogP contribution in [0.25, 0.3) is 0 Å². The molecule has 16 heavy (non-hydrogen) atoms. The number of carbonyl (C=O) groups is 1. The molecule has 1 aliphatic rings. The lowest BCUT2D eigenvalue weighted by molar-refractivity contribution is -0.169. The molecule has 0 aliphatic carbocycles. The molecule has 0 spiro atoms. The number of aliphatic carboxylic acids is 1. The molecule has 1 heterocycles. The van der Waals surface area contributed by atoms with Gasteiger partial charge in [0.05, 0.1) is 19.8 Å². The van der Waals surface area contributed by atoms with Gasteiger partial charge >= 0.3 is 5.97 Å². The molecule has 0 aromatic carbocycles. The van der Waals surface area contributed by atoms with Crippen LogP contribution in [0.1, 0.15) is 19.3 Å². The van der Waals surface area contributed by atoms with E-state index in [9.17, 15) is 4.79 Å². The van der Waals surface area contributed by atoms with E-state index in [4.69, 9.17) is 25.1 Å². The van der Waals surface area contributed by atoms with Crippen molar-refractivity contribution in [3.63, 3.8) is 0 Å². The van der Waals surface area contributed by atoms with Crippen LogP contribution in [0.5, 0.6) is 0 Å². The molecule has 94 valence electrons. The average molecular weight is 233 g/mol. The van der Waals surface area contributed by atoms with Crippen LogP contribution in [0.4, 0.5) is 0 Å². The van der Waals surface area contributed by atoms with Crippen LogP contribution in [0.15, 0.2) is 0 Å². The Hall–Kier alpha value is -0.690. The molecule has 6 nitrogen and oxygen atoms in total. The lowest BCUT2D eigenvalue weighted by Crippen LogP contribution is -2.35. The van der Waals surface area contributed by atoms with Gasteiger partial charge in [0.1, 0.15) is 6.04 Å². The number of carboxylic acids is 1. The van der Waals surface area contributed by atoms with E-state index in [1.165, 1.54) is 0 Å². The van der Waals surface area contributed by atoms with Gasteiger partial charge in [0.15, 0.2) is 6.29 Å². The van der Waals surface area contributed by atoms with E-state index >= 15 is 0 Å². The number of hydrogen-bond acceptors (Lipinski definition) is 5. The molecule has 0 bridgehead atoms. The van der Waals surface area contributed by atoms with Crippen LogP contribution < -0.4 is 5.73 Å². The van der Waals surface area contributed by atoms with E-state index in [0.717, 1.165) is 25.9 Å². The molecule has 0 radical (unpaired) electrons. The van der Waals surface area contributed by atoms with Gasteiger partial charge in [-0.3, -0.25) is 4.79 Å². The monoisotopic (exact) mass is 233 g/mol. The molecule has 3 N–H and O–H groups in total. The lowest BCUT2D eigenvalue weighted by atomic mass is 10.2. The Morgan fingerprint density at radius 2 is 2.31 bits per heavy atom. The molecular weight excluding hydrogens is 214 g/mol. The molecular formula is C10H19NO5. The minimum absolute atomic E-state index is 0.00418. The highest BCUT2D eigenvalue weighted by molar-refractivity contribution is 5.73. The molecule has 1 saturated heterocycles. The van der Waals surface area contributed by atoms with Crippen LogP contribution in [0.2, 0.25) is 0 Å². The largest absolute Gasteiger partial charge is 0.480 e. The molecule has 2 atom stereocenters. The second kappa shape index (κ2) is 7.56. The van der Waals surface area contributed by atoms with Crippen molar-refractivity contribution in [3.8, 4) is 0 Å². The molecule has 6 heteroatoms. The van der Waals surface area contributed by atoms with Crippen molar-refractivity contribution in [1.29, 1.82) is 0 Å². The van der Waals surface area contributed by atoms with Gasteiger partial charge in [-0.2, -0.15) is 0 Å². The summed E-state index contributed by atoms with van der Waals surface area (Å²) in [7, 11) is 0. The highest BCUT2D eigenvalue weighted by atomic mass is 16.7. The van der Waals surface area contributed by atoms with Gasteiger partial charge in [0.25, 0.3) is 0 Å². The van der Waals surface area contributed by atoms with E-state index in [1.54, 1.807) is 0 Å². The Balaban J connectivity index is 1.93. The van der Waals surface area contributed by atoms with E-state index in [-0.39, 0.29) is 12.9 Å². The molecule has 1 aliphatic heterocycles. The summed E-state index contributed by atoms with van der Waals surface area (Å²) in [4.78, 5) is 10.4. The van der Waals surface area contributed by atoms with E-state index < -0.39 is 12.0 Å². The Bertz CT molecular complexity index is 205. The van der Waals surface area contributed by atoms with Gasteiger partial charge < -0.3 is 25.1 Å². The van der Waals surface area contributed by atoms with Crippen molar-refractivity contribution < 1.29 is 24.1 Å². The summed E-state index contributed by atoms with van der Waals surface area (Å²) in [6.07, 6.45) is 2.99. The SMILES string of the molecule is N[C@@H](COCCOC1CCCCO1)C(=O)O. The van der Waals surface area contributed by atoms with Crippen molar-refractivity contribution in [1.82, 2.24) is 0 Å². The first-order valence-corrected chi connectivity index (χ1v) is 5.49. The van der Waals surface area contributed by atoms with Crippen molar-refractivity contribution >= 4 is 5.97 Å². The third-order valence-corrected chi connectivity index (χ3v) is 2.28. The van der Waals surface area contributed by atoms with E-state index in [1.807, 2.05) is 0 Å². The number of rotatable bonds is 7. The topological polar surface area (TPSA) is 91.0 Å². The van der Waals surface area contributed by atoms with Crippen LogP contribution in [0.3, 0.4) is 0 Å². The predicted molar refractivity (Wildman–Crippen MR) is 56.0 cm³/mol. The zero-order chi connectivity index (χ0) is 11.8. The summed E-state index contributed by atoms with van der Waals surface area (Å²) < 4.78 is 15.8. The smallest absolute Gasteiger partial charge is 0.322 e. The second-order valence-corrected chi connectivity index (χ2v) is 3.69. The fraction of sp³-hybridized carbons (Fsp3) is 0.900. The first-order valence-electron chi connectivity index (χ1n) is 5.49. The maximum atomic E-state index is 10.4. The maximum absolute atomic E-state index is 10.4. The Morgan fingerprint density at radius 1 is 1.50 bits per heavy atom. The molecule has 1 fully saturated rings. The lowest BCUT2D eigenvalue weighted by Gasteiger charge is -2.22. The van der Waals surface area contributed by atoms with Crippen LogP contribution in [-0.2, 0) is 19.0 Å². The highest BCUT2D eigenvalue weighted by Crippen LogP contribution is 2.13. The fourth-order valence-electron chi connectivity index (χ4n) is 1.36. The molecule has 0 aromatic heterocycles. The van der Waals surface area contributed by atoms with Crippen molar-refractivity contribution in [2.24, 2.45) is 5.73 Å². The summed E-state index contributed by atoms with van der Waals surface area (Å²) in [6.45, 7) is 1.48. The first-order chi connectivity index (χ1) is 7.70. The Morgan fingerprint density at radius 3 is 2.94 bits per heavy atom. The fourth-order valence-corrected chi connectivity index (χ4v) is 1.36. The minimum Gasteiger partial charge on any atom is -0.480 e. The summed E-state index contributed by atoms with van der Waals surface area (Å²) in [5.74, 6) is -1.06. The maximum Gasteiger partial charge on any atom is 0.322 e. The third kappa shape index (κ3) is 5.41. The minimum atomic E-state index is -1.06. The normalized spacial score (nSPS) is 22.9. The zero-order valence-corrected chi connectivity index (χ0v) is 9.26. The third-order valence-electron chi connectivity index (χ3n) is 2.28. The van der Waals surface area contributed by atoms with Gasteiger partial charge in [-0.15, -0.1) is 0 Å². The van der Waals surface area contributed by atoms with Gasteiger partial charge in [-0.1, -0.05) is 0 Å². The molecule has 0 aromatic rings. The van der Waals surface area contributed by atoms with Gasteiger partial charge in [0.2, 0.25) is 0 Å². The molecule has 0 saturated carbocycles. The molecule has 1 unspecified atom stereocenters.